The molecule has 2 aromatic carbocycles. The van der Waals surface area contributed by atoms with Gasteiger partial charge in [0.2, 0.25) is 0 Å². The Bertz CT molecular complexity index is 1330. The van der Waals surface area contributed by atoms with Crippen molar-refractivity contribution in [2.24, 2.45) is 0 Å². The van der Waals surface area contributed by atoms with E-state index in [1.165, 1.54) is 21.6 Å². The number of imidazole rings is 1. The Morgan fingerprint density at radius 2 is 1.76 bits per heavy atom. The second kappa shape index (κ2) is 10.9. The summed E-state index contributed by atoms with van der Waals surface area (Å²) in [6, 6.07) is 11.2. The van der Waals surface area contributed by atoms with Crippen LogP contribution in [-0.4, -0.2) is 52.3 Å². The summed E-state index contributed by atoms with van der Waals surface area (Å²) in [6.07, 6.45) is -3.46. The molecule has 1 unspecified atom stereocenters. The molecule has 2 heterocycles. The van der Waals surface area contributed by atoms with Crippen LogP contribution in [0.3, 0.4) is 0 Å². The van der Waals surface area contributed by atoms with Crippen molar-refractivity contribution < 1.29 is 32.2 Å². The Labute approximate surface area is 222 Å². The third kappa shape index (κ3) is 5.88. The van der Waals surface area contributed by atoms with Gasteiger partial charge in [0.25, 0.3) is 11.8 Å². The lowest BCUT2D eigenvalue weighted by atomic mass is 10.2. The number of amides is 2. The Kier molecular flexibility index (Phi) is 7.86. The zero-order chi connectivity index (χ0) is 27.6. The van der Waals surface area contributed by atoms with Crippen molar-refractivity contribution in [3.05, 3.63) is 64.8 Å². The predicted octanol–water partition coefficient (Wildman–Crippen LogP) is 5.88. The molecule has 1 aromatic heterocycles. The van der Waals surface area contributed by atoms with E-state index in [1.807, 2.05) is 6.92 Å². The van der Waals surface area contributed by atoms with Gasteiger partial charge in [-0.2, -0.15) is 4.98 Å². The number of hydrogen-bond donors (Lipinski definition) is 0. The van der Waals surface area contributed by atoms with Gasteiger partial charge in [0.1, 0.15) is 17.5 Å². The molecule has 0 radical (unpaired) electrons. The molecule has 1 aliphatic heterocycles. The van der Waals surface area contributed by atoms with Crippen LogP contribution < -0.4 is 14.4 Å². The zero-order valence-electron chi connectivity index (χ0n) is 21.0. The average Bonchev–Trinajstić information content (AvgIpc) is 3.18. The van der Waals surface area contributed by atoms with E-state index in [9.17, 15) is 22.8 Å². The molecule has 3 aromatic rings. The molecular formula is C26H26ClF3N4O4. The third-order valence-electron chi connectivity index (χ3n) is 6.14. The molecule has 38 heavy (non-hydrogen) atoms. The summed E-state index contributed by atoms with van der Waals surface area (Å²) >= 11 is 6.03. The monoisotopic (exact) mass is 550 g/mol. The zero-order valence-corrected chi connectivity index (χ0v) is 21.7. The number of fused-ring (bicyclic) bond motifs is 1. The van der Waals surface area contributed by atoms with E-state index in [4.69, 9.17) is 16.3 Å². The Morgan fingerprint density at radius 1 is 1.08 bits per heavy atom. The number of hydrogen-bond acceptors (Lipinski definition) is 6. The summed E-state index contributed by atoms with van der Waals surface area (Å²) in [4.78, 5) is 34.3. The molecule has 0 spiro atoms. The van der Waals surface area contributed by atoms with Crippen molar-refractivity contribution in [1.82, 2.24) is 14.5 Å². The minimum atomic E-state index is -4.87. The Morgan fingerprint density at radius 3 is 2.42 bits per heavy atom. The smallest absolute Gasteiger partial charge is 0.425 e. The molecule has 0 aliphatic carbocycles. The van der Waals surface area contributed by atoms with Crippen LogP contribution in [0.2, 0.25) is 5.02 Å². The van der Waals surface area contributed by atoms with Gasteiger partial charge in [0.05, 0.1) is 6.54 Å². The third-order valence-corrected chi connectivity index (χ3v) is 6.39. The van der Waals surface area contributed by atoms with Crippen LogP contribution in [0.5, 0.6) is 17.5 Å². The van der Waals surface area contributed by atoms with Gasteiger partial charge in [-0.25, -0.2) is 0 Å². The van der Waals surface area contributed by atoms with Crippen LogP contribution >= 0.6 is 11.6 Å². The molecule has 202 valence electrons. The van der Waals surface area contributed by atoms with Crippen LogP contribution in [0.25, 0.3) is 0 Å². The fourth-order valence-electron chi connectivity index (χ4n) is 4.04. The lowest BCUT2D eigenvalue weighted by Crippen LogP contribution is -2.46. The molecule has 0 saturated carbocycles. The van der Waals surface area contributed by atoms with Crippen molar-refractivity contribution in [1.29, 1.82) is 0 Å². The quantitative estimate of drug-likeness (QED) is 0.326. The highest BCUT2D eigenvalue weighted by Gasteiger charge is 2.40. The number of likely N-dealkylation sites (N-methyl/N-ethyl adjacent to an activating group) is 1. The van der Waals surface area contributed by atoms with Crippen molar-refractivity contribution in [2.75, 3.05) is 18.5 Å². The summed E-state index contributed by atoms with van der Waals surface area (Å²) in [5, 5.41) is 0.525. The molecule has 1 atom stereocenters. The van der Waals surface area contributed by atoms with Crippen molar-refractivity contribution >= 4 is 29.2 Å². The minimum Gasteiger partial charge on any atom is -0.425 e. The number of ether oxygens (including phenoxy) is 2. The van der Waals surface area contributed by atoms with Crippen LogP contribution in [-0.2, 0) is 11.3 Å². The van der Waals surface area contributed by atoms with E-state index in [0.29, 0.717) is 11.4 Å². The summed E-state index contributed by atoms with van der Waals surface area (Å²) in [5.74, 6) is -1.10. The molecule has 0 bridgehead atoms. The molecule has 4 rings (SSSR count). The highest BCUT2D eigenvalue weighted by molar-refractivity contribution is 6.30. The first kappa shape index (κ1) is 27.3. The molecule has 0 fully saturated rings. The number of halogens is 4. The summed E-state index contributed by atoms with van der Waals surface area (Å²) in [5.41, 5.74) is 0.890. The first-order valence-electron chi connectivity index (χ1n) is 12.0. The molecule has 2 amide bonds. The van der Waals surface area contributed by atoms with E-state index in [0.717, 1.165) is 24.1 Å². The van der Waals surface area contributed by atoms with Crippen molar-refractivity contribution in [3.8, 4) is 17.5 Å². The molecule has 12 heteroatoms. The summed E-state index contributed by atoms with van der Waals surface area (Å²) in [6.45, 7) is 4.00. The number of nitrogens with zero attached hydrogens (tertiary/aromatic N) is 4. The fourth-order valence-corrected chi connectivity index (χ4v) is 4.17. The first-order valence-corrected chi connectivity index (χ1v) is 12.3. The number of carbonyl (C=O) groups is 2. The van der Waals surface area contributed by atoms with Gasteiger partial charge in [-0.05, 0) is 43.2 Å². The fraction of sp³-hybridized carbons (Fsp3) is 0.346. The van der Waals surface area contributed by atoms with Gasteiger partial charge >= 0.3 is 12.4 Å². The highest BCUT2D eigenvalue weighted by atomic mass is 35.5. The maximum atomic E-state index is 13.8. The van der Waals surface area contributed by atoms with Gasteiger partial charge in [-0.15, -0.1) is 13.2 Å². The van der Waals surface area contributed by atoms with Gasteiger partial charge in [0.15, 0.2) is 11.5 Å². The van der Waals surface area contributed by atoms with Crippen LogP contribution in [0.15, 0.2) is 48.5 Å². The van der Waals surface area contributed by atoms with Gasteiger partial charge in [-0.1, -0.05) is 43.1 Å². The van der Waals surface area contributed by atoms with Gasteiger partial charge in [-0.3, -0.25) is 19.1 Å². The van der Waals surface area contributed by atoms with Gasteiger partial charge in [0, 0.05) is 24.7 Å². The number of aromatic nitrogens is 2. The maximum absolute atomic E-state index is 13.8. The number of alkyl halides is 3. The number of imide groups is 1. The number of anilines is 1. The average molecular weight is 551 g/mol. The number of unbranched alkanes of at least 4 members (excludes halogenated alkanes) is 1. The highest BCUT2D eigenvalue weighted by Crippen LogP contribution is 2.35. The summed E-state index contributed by atoms with van der Waals surface area (Å²) in [7, 11) is 1.65. The largest absolute Gasteiger partial charge is 0.573 e. The first-order chi connectivity index (χ1) is 18.0. The second-order valence-corrected chi connectivity index (χ2v) is 9.28. The number of benzene rings is 2. The van der Waals surface area contributed by atoms with E-state index >= 15 is 0 Å². The topological polar surface area (TPSA) is 76.9 Å². The number of rotatable bonds is 8. The summed E-state index contributed by atoms with van der Waals surface area (Å²) < 4.78 is 49.7. The molecule has 8 nitrogen and oxygen atoms in total. The van der Waals surface area contributed by atoms with Crippen LogP contribution in [0.4, 0.5) is 19.0 Å². The van der Waals surface area contributed by atoms with E-state index < -0.39 is 24.1 Å². The van der Waals surface area contributed by atoms with Crippen molar-refractivity contribution in [2.45, 2.75) is 45.6 Å². The predicted molar refractivity (Wildman–Crippen MR) is 135 cm³/mol. The molecule has 0 N–H and O–H groups in total. The normalized spacial score (nSPS) is 15.9. The SMILES string of the molecule is CCCCN1C(=O)c2c(nc(Oc3cccc(OC(F)(F)F)c3)n2Cc2ccc(Cl)cc2)N(C)C(C)C1=O. The van der Waals surface area contributed by atoms with Crippen LogP contribution in [0.1, 0.15) is 42.7 Å². The Balaban J connectivity index is 1.82. The van der Waals surface area contributed by atoms with Crippen molar-refractivity contribution in [3.63, 3.8) is 0 Å². The standard InChI is InChI=1S/C26H26ClF3N4O4/c1-4-5-13-33-23(35)16(2)32(3)22-21(24(33)36)34(15-17-9-11-18(27)12-10-17)25(31-22)37-19-7-6-8-20(14-19)38-26(28,29)30/h6-12,14,16H,4-5,13,15H2,1-3H3. The van der Waals surface area contributed by atoms with E-state index in [2.05, 4.69) is 9.72 Å². The molecular weight excluding hydrogens is 525 g/mol. The van der Waals surface area contributed by atoms with E-state index in [1.54, 1.807) is 43.1 Å². The molecule has 0 saturated heterocycles. The van der Waals surface area contributed by atoms with Gasteiger partial charge < -0.3 is 14.4 Å². The number of carbonyl (C=O) groups excluding carboxylic acids is 2. The molecule has 1 aliphatic rings. The lowest BCUT2D eigenvalue weighted by Gasteiger charge is -2.25. The van der Waals surface area contributed by atoms with Crippen LogP contribution in [0, 0.1) is 0 Å². The van der Waals surface area contributed by atoms with E-state index in [-0.39, 0.29) is 42.3 Å². The maximum Gasteiger partial charge on any atom is 0.573 e. The Hall–Kier alpha value is -3.73. The second-order valence-electron chi connectivity index (χ2n) is 8.84. The lowest BCUT2D eigenvalue weighted by molar-refractivity contribution is -0.274. The minimum absolute atomic E-state index is 0.0198.